The monoisotopic (exact) mass is 371 g/mol. The maximum Gasteiger partial charge on any atom is 0.101 e. The lowest BCUT2D eigenvalue weighted by atomic mass is 9.65. The first-order chi connectivity index (χ1) is 13.2. The smallest absolute Gasteiger partial charge is 0.101 e. The number of unbranched alkanes of at least 4 members (excludes halogenated alkanes) is 1. The number of nitrogens with zero attached hydrogens (tertiary/aromatic N) is 1. The average Bonchev–Trinajstić information content (AvgIpc) is 2.68. The largest absolute Gasteiger partial charge is 0.378 e. The molecule has 3 N–H and O–H groups in total. The molecule has 1 atom stereocenters. The van der Waals surface area contributed by atoms with E-state index in [9.17, 15) is 0 Å². The second-order valence-corrected chi connectivity index (χ2v) is 8.52. The Bertz CT molecular complexity index is 572. The Hall–Kier alpha value is -1.04. The fourth-order valence-electron chi connectivity index (χ4n) is 4.65. The fraction of sp³-hybridized carbons (Fsp3) is 0.727. The lowest BCUT2D eigenvalue weighted by Crippen LogP contribution is -2.56. The molecule has 1 saturated heterocycles. The van der Waals surface area contributed by atoms with E-state index in [1.165, 1.54) is 49.7 Å². The number of ether oxygens (including phenoxy) is 1. The number of para-hydroxylation sites is 1. The van der Waals surface area contributed by atoms with Gasteiger partial charge >= 0.3 is 0 Å². The van der Waals surface area contributed by atoms with Crippen LogP contribution in [0.15, 0.2) is 24.3 Å². The quantitative estimate of drug-likeness (QED) is 0.491. The Kier molecular flexibility index (Phi) is 7.62. The molecule has 1 aliphatic carbocycles. The van der Waals surface area contributed by atoms with Gasteiger partial charge in [0.1, 0.15) is 7.85 Å². The number of anilines is 1. The van der Waals surface area contributed by atoms with Gasteiger partial charge in [-0.2, -0.15) is 0 Å². The summed E-state index contributed by atoms with van der Waals surface area (Å²) in [6.07, 6.45) is 8.63. The van der Waals surface area contributed by atoms with E-state index >= 15 is 0 Å². The summed E-state index contributed by atoms with van der Waals surface area (Å²) < 4.78 is 5.51. The summed E-state index contributed by atoms with van der Waals surface area (Å²) in [5, 5.41) is 3.79. The van der Waals surface area contributed by atoms with Crippen molar-refractivity contribution in [3.8, 4) is 0 Å². The highest BCUT2D eigenvalue weighted by molar-refractivity contribution is 6.08. The van der Waals surface area contributed by atoms with Crippen molar-refractivity contribution in [3.05, 3.63) is 29.8 Å². The van der Waals surface area contributed by atoms with Crippen LogP contribution in [0, 0.1) is 5.92 Å². The average molecular weight is 371 g/mol. The van der Waals surface area contributed by atoms with Crippen LogP contribution in [0.5, 0.6) is 0 Å². The second-order valence-electron chi connectivity index (χ2n) is 8.52. The molecule has 5 heteroatoms. The zero-order valence-corrected chi connectivity index (χ0v) is 17.4. The number of nitrogens with one attached hydrogen (secondary N) is 1. The summed E-state index contributed by atoms with van der Waals surface area (Å²) in [5.41, 5.74) is 9.61. The number of morpholine rings is 1. The van der Waals surface area contributed by atoms with Crippen LogP contribution in [0.4, 0.5) is 5.69 Å². The number of hydrogen-bond donors (Lipinski definition) is 2. The van der Waals surface area contributed by atoms with Crippen LogP contribution in [0.25, 0.3) is 0 Å². The van der Waals surface area contributed by atoms with Crippen LogP contribution in [0.3, 0.4) is 0 Å². The standard InChI is InChI=1S/C22H38BN3O/c1-2-22(24,9-5-6-10-23)19-15-20(16-19)25-17-18-7-3-4-8-21(18)26-11-13-27-14-12-26/h3-4,7-8,19-20,25H,2,5-6,9-17,23-24H2,1H3/t19-,20+,22?. The zero-order chi connectivity index (χ0) is 19.1. The summed E-state index contributed by atoms with van der Waals surface area (Å²) in [5.74, 6) is 0.686. The van der Waals surface area contributed by atoms with Crippen molar-refractivity contribution < 1.29 is 4.74 Å². The summed E-state index contributed by atoms with van der Waals surface area (Å²) in [6, 6.07) is 9.43. The Morgan fingerprint density at radius 2 is 1.96 bits per heavy atom. The molecule has 3 rings (SSSR count). The highest BCUT2D eigenvalue weighted by atomic mass is 16.5. The van der Waals surface area contributed by atoms with E-state index in [0.717, 1.165) is 39.3 Å². The predicted octanol–water partition coefficient (Wildman–Crippen LogP) is 2.72. The topological polar surface area (TPSA) is 50.5 Å². The second kappa shape index (κ2) is 9.95. The molecule has 0 amide bonds. The van der Waals surface area contributed by atoms with Crippen LogP contribution in [-0.2, 0) is 11.3 Å². The molecular formula is C22H38BN3O. The van der Waals surface area contributed by atoms with Crippen molar-refractivity contribution >= 4 is 13.5 Å². The molecule has 1 aromatic rings. The van der Waals surface area contributed by atoms with Gasteiger partial charge in [-0.25, -0.2) is 0 Å². The summed E-state index contributed by atoms with van der Waals surface area (Å²) in [6.45, 7) is 6.87. The summed E-state index contributed by atoms with van der Waals surface area (Å²) >= 11 is 0. The lowest BCUT2D eigenvalue weighted by molar-refractivity contribution is 0.107. The van der Waals surface area contributed by atoms with Crippen LogP contribution in [0.2, 0.25) is 6.32 Å². The molecule has 1 saturated carbocycles. The molecule has 1 aliphatic heterocycles. The van der Waals surface area contributed by atoms with Gasteiger partial charge in [0.2, 0.25) is 0 Å². The van der Waals surface area contributed by atoms with Crippen molar-refractivity contribution in [2.45, 2.75) is 69.9 Å². The molecule has 1 aromatic carbocycles. The van der Waals surface area contributed by atoms with Crippen molar-refractivity contribution in [3.63, 3.8) is 0 Å². The molecule has 0 aromatic heterocycles. The lowest BCUT2D eigenvalue weighted by Gasteiger charge is -2.47. The molecule has 2 aliphatic rings. The highest BCUT2D eigenvalue weighted by Gasteiger charge is 2.41. The van der Waals surface area contributed by atoms with Crippen molar-refractivity contribution in [1.82, 2.24) is 5.32 Å². The molecule has 1 unspecified atom stereocenters. The summed E-state index contributed by atoms with van der Waals surface area (Å²) in [7, 11) is 2.27. The number of hydrogen-bond acceptors (Lipinski definition) is 4. The SMILES string of the molecule is BCCCCC(N)(CC)[C@H]1C[C@@H](NCc2ccccc2N2CCOCC2)C1. The normalized spacial score (nSPS) is 25.0. The van der Waals surface area contributed by atoms with Crippen molar-refractivity contribution in [1.29, 1.82) is 0 Å². The molecule has 150 valence electrons. The van der Waals surface area contributed by atoms with Gasteiger partial charge in [0.25, 0.3) is 0 Å². The van der Waals surface area contributed by atoms with Gasteiger partial charge < -0.3 is 20.7 Å². The zero-order valence-electron chi connectivity index (χ0n) is 17.4. The van der Waals surface area contributed by atoms with Gasteiger partial charge in [-0.3, -0.25) is 0 Å². The highest BCUT2D eigenvalue weighted by Crippen LogP contribution is 2.40. The molecular weight excluding hydrogens is 333 g/mol. The number of nitrogens with two attached hydrogens (primary N) is 1. The van der Waals surface area contributed by atoms with E-state index in [1.807, 2.05) is 0 Å². The van der Waals surface area contributed by atoms with Crippen LogP contribution < -0.4 is 16.0 Å². The molecule has 0 spiro atoms. The number of benzene rings is 1. The van der Waals surface area contributed by atoms with Gasteiger partial charge in [0, 0.05) is 36.9 Å². The van der Waals surface area contributed by atoms with Crippen LogP contribution in [0.1, 0.15) is 51.0 Å². The van der Waals surface area contributed by atoms with E-state index in [1.54, 1.807) is 0 Å². The minimum absolute atomic E-state index is 0.0546. The molecule has 1 heterocycles. The van der Waals surface area contributed by atoms with E-state index in [4.69, 9.17) is 10.5 Å². The molecule has 0 radical (unpaired) electrons. The Morgan fingerprint density at radius 3 is 2.67 bits per heavy atom. The molecule has 0 bridgehead atoms. The Balaban J connectivity index is 1.48. The fourth-order valence-corrected chi connectivity index (χ4v) is 4.65. The first-order valence-electron chi connectivity index (χ1n) is 11.1. The molecule has 4 nitrogen and oxygen atoms in total. The van der Waals surface area contributed by atoms with Gasteiger partial charge in [-0.05, 0) is 43.2 Å². The van der Waals surface area contributed by atoms with Gasteiger partial charge in [0.15, 0.2) is 0 Å². The van der Waals surface area contributed by atoms with Gasteiger partial charge in [0.05, 0.1) is 13.2 Å². The van der Waals surface area contributed by atoms with E-state index in [-0.39, 0.29) is 5.54 Å². The molecule has 2 fully saturated rings. The Labute approximate surface area is 166 Å². The predicted molar refractivity (Wildman–Crippen MR) is 117 cm³/mol. The van der Waals surface area contributed by atoms with Crippen molar-refractivity contribution in [2.24, 2.45) is 11.7 Å². The third kappa shape index (κ3) is 5.27. The van der Waals surface area contributed by atoms with E-state index < -0.39 is 0 Å². The number of rotatable bonds is 10. The minimum Gasteiger partial charge on any atom is -0.378 e. The maximum atomic E-state index is 6.79. The van der Waals surface area contributed by atoms with E-state index in [2.05, 4.69) is 49.3 Å². The third-order valence-electron chi connectivity index (χ3n) is 6.78. The maximum absolute atomic E-state index is 6.79. The summed E-state index contributed by atoms with van der Waals surface area (Å²) in [4.78, 5) is 2.46. The van der Waals surface area contributed by atoms with Gasteiger partial charge in [-0.1, -0.05) is 44.3 Å². The molecule has 27 heavy (non-hydrogen) atoms. The van der Waals surface area contributed by atoms with Crippen molar-refractivity contribution in [2.75, 3.05) is 31.2 Å². The van der Waals surface area contributed by atoms with Gasteiger partial charge in [-0.15, -0.1) is 0 Å². The first kappa shape index (κ1) is 20.7. The first-order valence-corrected chi connectivity index (χ1v) is 11.1. The van der Waals surface area contributed by atoms with Crippen LogP contribution in [-0.4, -0.2) is 45.7 Å². The third-order valence-corrected chi connectivity index (χ3v) is 6.78. The van der Waals surface area contributed by atoms with E-state index in [0.29, 0.717) is 12.0 Å². The minimum atomic E-state index is 0.0546. The Morgan fingerprint density at radius 1 is 1.22 bits per heavy atom. The van der Waals surface area contributed by atoms with Crippen LogP contribution >= 0.6 is 0 Å².